The Morgan fingerprint density at radius 2 is 0.767 bits per heavy atom. The van der Waals surface area contributed by atoms with Gasteiger partial charge in [-0.3, -0.25) is 0 Å². The standard InChI is InChI=1S/F3N2O5S3.F2NO4S2.FH.3Li.O3S/c1-11(6,4-12(2,7)8)5-13(3,9)10;1-8(4,5)3-9(2,6)7;;;;;1-4(2)3/h;;1H;;;;/q2*-1;;3*+1;/p-1. The van der Waals surface area contributed by atoms with Gasteiger partial charge in [-0.05, 0) is 0 Å². The van der Waals surface area contributed by atoms with Crippen molar-refractivity contribution in [1.29, 1.82) is 0 Å². The first kappa shape index (κ1) is 48.2. The predicted octanol–water partition coefficient (Wildman–Crippen LogP) is -13.1. The molecule has 0 heterocycles. The summed E-state index contributed by atoms with van der Waals surface area (Å²) < 4.78 is 171. The molecule has 0 aromatic rings. The van der Waals surface area contributed by atoms with Gasteiger partial charge in [-0.15, -0.1) is 28.2 Å². The first-order valence-corrected chi connectivity index (χ1v) is 11.6. The molecule has 30 heavy (non-hydrogen) atoms. The summed E-state index contributed by atoms with van der Waals surface area (Å²) in [5, 5.41) is 0. The summed E-state index contributed by atoms with van der Waals surface area (Å²) in [6.07, 6.45) is 0. The molecule has 0 aromatic heterocycles. The van der Waals surface area contributed by atoms with Gasteiger partial charge in [0.1, 0.15) is 0 Å². The topological polar surface area (TPSA) is 245 Å². The minimum atomic E-state index is -5.90. The largest absolute Gasteiger partial charge is 1.00 e. The molecule has 30 heteroatoms. The Bertz CT molecular complexity index is 1100. The summed E-state index contributed by atoms with van der Waals surface area (Å²) in [4.78, 5) is 0. The first-order chi connectivity index (χ1) is 10.9. The Hall–Kier alpha value is 0.662. The van der Waals surface area contributed by atoms with E-state index in [-0.39, 0.29) is 61.3 Å². The Morgan fingerprint density at radius 1 is 0.567 bits per heavy atom. The SMILES string of the molecule is O=S(=O)(F)N=S(=O)(F)[N-]S(=O)(=O)F.O=S(=O)(F)[N-]S(=O)(=O)F.O=S(=O)=O.[F-].[Li+].[Li+].[Li+]. The molecule has 0 bridgehead atoms. The van der Waals surface area contributed by atoms with Crippen LogP contribution in [0.3, 0.4) is 0 Å². The second-order valence-electron chi connectivity index (χ2n) is 2.51. The third-order valence-electron chi connectivity index (χ3n) is 0.540. The summed E-state index contributed by atoms with van der Waals surface area (Å²) in [5.41, 5.74) is 0. The van der Waals surface area contributed by atoms with Crippen molar-refractivity contribution in [2.24, 2.45) is 3.77 Å². The summed E-state index contributed by atoms with van der Waals surface area (Å²) in [5.74, 6) is 0. The molecule has 0 aliphatic heterocycles. The zero-order valence-electron chi connectivity index (χ0n) is 14.0. The van der Waals surface area contributed by atoms with Crippen molar-refractivity contribution >= 4 is 62.5 Å². The molecule has 0 radical (unpaired) electrons. The zero-order valence-corrected chi connectivity index (χ0v) is 18.9. The molecule has 0 fully saturated rings. The fraction of sp³-hybridized carbons (Fsp3) is 0. The Kier molecular flexibility index (Phi) is 29.1. The van der Waals surface area contributed by atoms with Gasteiger partial charge in [0.25, 0.3) is 0 Å². The van der Waals surface area contributed by atoms with E-state index >= 15 is 0 Å². The predicted molar refractivity (Wildman–Crippen MR) is 68.2 cm³/mol. The second-order valence-corrected chi connectivity index (χ2v) is 8.87. The maximum Gasteiger partial charge on any atom is 1.00 e. The summed E-state index contributed by atoms with van der Waals surface area (Å²) in [7, 11) is -32.0. The van der Waals surface area contributed by atoms with E-state index in [1.807, 2.05) is 0 Å². The minimum Gasteiger partial charge on any atom is -1.00 e. The average Bonchev–Trinajstić information content (AvgIpc) is 1.98. The van der Waals surface area contributed by atoms with Gasteiger partial charge in [0.15, 0.2) is 10.3 Å². The normalized spacial score (nSPS) is 12.6. The van der Waals surface area contributed by atoms with E-state index in [0.29, 0.717) is 0 Å². The third kappa shape index (κ3) is 63.0. The molecule has 0 amide bonds. The van der Waals surface area contributed by atoms with E-state index in [2.05, 4.69) is 0 Å². The molecular formula is F6Li3N3O12S6. The average molecular weight is 561 g/mol. The van der Waals surface area contributed by atoms with Gasteiger partial charge in [-0.2, -0.15) is 8.42 Å². The van der Waals surface area contributed by atoms with Crippen LogP contribution in [-0.4, -0.2) is 50.5 Å². The first-order valence-electron chi connectivity index (χ1n) is 3.87. The number of hydrogen-bond acceptors (Lipinski definition) is 12. The van der Waals surface area contributed by atoms with Crippen molar-refractivity contribution in [2.75, 3.05) is 0 Å². The Labute approximate surface area is 204 Å². The van der Waals surface area contributed by atoms with Gasteiger partial charge in [0, 0.05) is 0 Å². The molecule has 1 atom stereocenters. The molecule has 0 spiro atoms. The molecule has 15 nitrogen and oxygen atoms in total. The smallest absolute Gasteiger partial charge is 1.00 e. The molecule has 0 saturated heterocycles. The van der Waals surface area contributed by atoms with Crippen LogP contribution in [0.5, 0.6) is 0 Å². The molecule has 0 aromatic carbocycles. The van der Waals surface area contributed by atoms with Crippen LogP contribution in [0.15, 0.2) is 3.77 Å². The van der Waals surface area contributed by atoms with E-state index in [0.717, 1.165) is 4.13 Å². The maximum absolute atomic E-state index is 12.0. The second kappa shape index (κ2) is 18.1. The van der Waals surface area contributed by atoms with Gasteiger partial charge in [0.2, 0.25) is 31.2 Å². The molecule has 0 N–H and O–H groups in total. The van der Waals surface area contributed by atoms with Crippen molar-refractivity contribution in [3.63, 3.8) is 0 Å². The molecule has 0 saturated carbocycles. The van der Waals surface area contributed by atoms with Gasteiger partial charge < -0.3 is 13.0 Å². The molecule has 168 valence electrons. The van der Waals surface area contributed by atoms with Crippen LogP contribution >= 0.6 is 0 Å². The van der Waals surface area contributed by atoms with E-state index in [1.165, 1.54) is 7.90 Å². The van der Waals surface area contributed by atoms with Crippen molar-refractivity contribution in [3.8, 4) is 0 Å². The summed E-state index contributed by atoms with van der Waals surface area (Å²) in [6, 6.07) is 0. The van der Waals surface area contributed by atoms with Crippen molar-refractivity contribution < 1.29 is 131 Å². The Balaban J connectivity index is -0.0000000553. The molecular weight excluding hydrogens is 561 g/mol. The van der Waals surface area contributed by atoms with E-state index < -0.39 is 62.5 Å². The van der Waals surface area contributed by atoms with Crippen molar-refractivity contribution in [1.82, 2.24) is 0 Å². The fourth-order valence-electron chi connectivity index (χ4n) is 0.340. The van der Waals surface area contributed by atoms with E-state index in [4.69, 9.17) is 12.6 Å². The number of rotatable bonds is 5. The van der Waals surface area contributed by atoms with Crippen LogP contribution in [0.25, 0.3) is 8.25 Å². The van der Waals surface area contributed by atoms with Gasteiger partial charge in [-0.1, -0.05) is 7.65 Å². The summed E-state index contributed by atoms with van der Waals surface area (Å²) >= 11 is 0. The van der Waals surface area contributed by atoms with Gasteiger partial charge in [0.05, 0.1) is 0 Å². The van der Waals surface area contributed by atoms with Crippen LogP contribution in [0, 0.1) is 0 Å². The van der Waals surface area contributed by atoms with E-state index in [9.17, 15) is 57.3 Å². The quantitative estimate of drug-likeness (QED) is 0.173. The Morgan fingerprint density at radius 3 is 0.867 bits per heavy atom. The third-order valence-corrected chi connectivity index (χ3v) is 4.86. The van der Waals surface area contributed by atoms with Crippen LogP contribution in [0.4, 0.5) is 19.4 Å². The van der Waals surface area contributed by atoms with Crippen LogP contribution in [0.2, 0.25) is 0 Å². The van der Waals surface area contributed by atoms with Crippen molar-refractivity contribution in [2.45, 2.75) is 0 Å². The van der Waals surface area contributed by atoms with Gasteiger partial charge in [-0.25, -0.2) is 29.5 Å². The van der Waals surface area contributed by atoms with Crippen LogP contribution in [0.1, 0.15) is 0 Å². The van der Waals surface area contributed by atoms with Crippen molar-refractivity contribution in [3.05, 3.63) is 8.25 Å². The maximum atomic E-state index is 12.0. The van der Waals surface area contributed by atoms with Crippen LogP contribution < -0.4 is 61.3 Å². The monoisotopic (exact) mass is 561 g/mol. The fourth-order valence-corrected chi connectivity index (χ4v) is 3.30. The molecule has 0 aliphatic carbocycles. The number of nitrogens with zero attached hydrogens (tertiary/aromatic N) is 3. The summed E-state index contributed by atoms with van der Waals surface area (Å²) in [6.45, 7) is 0. The van der Waals surface area contributed by atoms with E-state index in [1.54, 1.807) is 0 Å². The van der Waals surface area contributed by atoms with Gasteiger partial charge >= 0.3 is 77.6 Å². The minimum absolute atomic E-state index is 0. The molecule has 1 unspecified atom stereocenters. The van der Waals surface area contributed by atoms with Crippen LogP contribution in [-0.2, 0) is 62.5 Å². The number of hydrogen-bond donors (Lipinski definition) is 0. The molecule has 0 aliphatic rings. The number of halogens is 6. The molecule has 0 rings (SSSR count). The zero-order chi connectivity index (χ0) is 22.2.